The third kappa shape index (κ3) is 1.86. The van der Waals surface area contributed by atoms with Gasteiger partial charge in [0.05, 0.1) is 23.0 Å². The van der Waals surface area contributed by atoms with Crippen molar-refractivity contribution < 1.29 is 29.2 Å². The van der Waals surface area contributed by atoms with Gasteiger partial charge in [0, 0.05) is 7.11 Å². The van der Waals surface area contributed by atoms with Crippen LogP contribution in [0.5, 0.6) is 0 Å². The number of hydrogen-bond donors (Lipinski definition) is 1. The summed E-state index contributed by atoms with van der Waals surface area (Å²) in [6, 6.07) is 0. The molecule has 0 bridgehead atoms. The fourth-order valence-electron chi connectivity index (χ4n) is 3.12. The lowest BCUT2D eigenvalue weighted by molar-refractivity contribution is -0.470. The quantitative estimate of drug-likeness (QED) is 0.609. The molecule has 1 aliphatic carbocycles. The number of fused-ring (bicyclic) bond motifs is 1. The Hall–Kier alpha value is -1.08. The summed E-state index contributed by atoms with van der Waals surface area (Å²) in [5, 5.41) is 9.43. The van der Waals surface area contributed by atoms with Crippen molar-refractivity contribution >= 4 is 11.6 Å². The van der Waals surface area contributed by atoms with Crippen LogP contribution in [0, 0.1) is 10.8 Å². The maximum atomic E-state index is 12.8. The lowest BCUT2D eigenvalue weighted by Crippen LogP contribution is -2.67. The molecule has 0 aromatic heterocycles. The summed E-state index contributed by atoms with van der Waals surface area (Å²) < 4.78 is 5.43. The van der Waals surface area contributed by atoms with E-state index in [9.17, 15) is 14.7 Å². The van der Waals surface area contributed by atoms with Crippen LogP contribution in [0.4, 0.5) is 0 Å². The van der Waals surface area contributed by atoms with Crippen LogP contribution in [0.25, 0.3) is 0 Å². The maximum absolute atomic E-state index is 12.8. The summed E-state index contributed by atoms with van der Waals surface area (Å²) in [4.78, 5) is 36.1. The molecule has 0 aromatic rings. The fourth-order valence-corrected chi connectivity index (χ4v) is 3.12. The molecule has 2 atom stereocenters. The molecule has 1 fully saturated rings. The molecular weight excluding hydrogens is 276 g/mol. The molecule has 1 N–H and O–H groups in total. The Morgan fingerprint density at radius 2 is 1.71 bits per heavy atom. The van der Waals surface area contributed by atoms with Gasteiger partial charge in [0.15, 0.2) is 11.6 Å². The summed E-state index contributed by atoms with van der Waals surface area (Å²) in [5.74, 6) is -2.27. The van der Waals surface area contributed by atoms with Crippen molar-refractivity contribution in [3.05, 3.63) is 11.6 Å². The minimum absolute atomic E-state index is 0.211. The predicted octanol–water partition coefficient (Wildman–Crippen LogP) is 1.17. The van der Waals surface area contributed by atoms with Crippen LogP contribution in [-0.2, 0) is 24.1 Å². The average molecular weight is 298 g/mol. The van der Waals surface area contributed by atoms with Gasteiger partial charge in [-0.15, -0.1) is 0 Å². The van der Waals surface area contributed by atoms with Gasteiger partial charge in [0.2, 0.25) is 5.79 Å². The zero-order valence-corrected chi connectivity index (χ0v) is 13.3. The summed E-state index contributed by atoms with van der Waals surface area (Å²) in [7, 11) is 1.36. The highest BCUT2D eigenvalue weighted by Crippen LogP contribution is 2.54. The van der Waals surface area contributed by atoms with Crippen molar-refractivity contribution in [3.63, 3.8) is 0 Å². The van der Waals surface area contributed by atoms with E-state index in [4.69, 9.17) is 14.5 Å². The van der Waals surface area contributed by atoms with Crippen molar-refractivity contribution in [2.45, 2.75) is 46.0 Å². The number of Topliss-reactive ketones (excluding diaryl/α,β-unsaturated/α-hetero) is 2. The zero-order chi connectivity index (χ0) is 16.3. The summed E-state index contributed by atoms with van der Waals surface area (Å²) in [6.45, 7) is 7.72. The number of hydrogen-bond acceptors (Lipinski definition) is 6. The Bertz CT molecular complexity index is 532. The molecule has 0 radical (unpaired) electrons. The van der Waals surface area contributed by atoms with Crippen molar-refractivity contribution in [2.75, 3.05) is 13.7 Å². The Labute approximate surface area is 124 Å². The van der Waals surface area contributed by atoms with Gasteiger partial charge in [0.1, 0.15) is 5.60 Å². The molecule has 2 aliphatic rings. The lowest BCUT2D eigenvalue weighted by atomic mass is 9.57. The highest BCUT2D eigenvalue weighted by molar-refractivity contribution is 6.19. The van der Waals surface area contributed by atoms with Gasteiger partial charge >= 0.3 is 0 Å². The number of carbonyl (C=O) groups is 2. The molecule has 0 aromatic carbocycles. The average Bonchev–Trinajstić information content (AvgIpc) is 2.44. The first-order valence-corrected chi connectivity index (χ1v) is 6.84. The number of rotatable bonds is 2. The number of ether oxygens (including phenoxy) is 1. The van der Waals surface area contributed by atoms with Gasteiger partial charge in [-0.3, -0.25) is 9.59 Å². The molecule has 0 spiro atoms. The van der Waals surface area contributed by atoms with E-state index in [0.717, 1.165) is 0 Å². The fraction of sp³-hybridized carbons (Fsp3) is 0.733. The van der Waals surface area contributed by atoms with Crippen LogP contribution in [-0.4, -0.2) is 41.8 Å². The molecule has 1 heterocycles. The second-order valence-corrected chi connectivity index (χ2v) is 6.92. The highest BCUT2D eigenvalue weighted by Gasteiger charge is 2.68. The third-order valence-corrected chi connectivity index (χ3v) is 4.53. The molecule has 0 amide bonds. The first-order chi connectivity index (χ1) is 9.48. The van der Waals surface area contributed by atoms with Crippen LogP contribution in [0.15, 0.2) is 11.6 Å². The van der Waals surface area contributed by atoms with Crippen LogP contribution in [0.3, 0.4) is 0 Å². The van der Waals surface area contributed by atoms with Gasteiger partial charge in [-0.05, 0) is 40.7 Å². The number of aliphatic hydroxyl groups is 1. The van der Waals surface area contributed by atoms with E-state index >= 15 is 0 Å². The summed E-state index contributed by atoms with van der Waals surface area (Å²) in [6.07, 6.45) is 1.50. The Balaban J connectivity index is 2.73. The van der Waals surface area contributed by atoms with E-state index in [1.165, 1.54) is 13.2 Å². The smallest absolute Gasteiger partial charge is 0.242 e. The lowest BCUT2D eigenvalue weighted by Gasteiger charge is -2.53. The molecule has 6 heteroatoms. The van der Waals surface area contributed by atoms with E-state index in [1.807, 2.05) is 0 Å². The minimum atomic E-state index is -1.61. The van der Waals surface area contributed by atoms with Crippen molar-refractivity contribution in [3.8, 4) is 0 Å². The van der Waals surface area contributed by atoms with E-state index < -0.39 is 22.2 Å². The second-order valence-electron chi connectivity index (χ2n) is 6.92. The number of aliphatic hydroxyl groups excluding tert-OH is 1. The van der Waals surface area contributed by atoms with E-state index in [1.54, 1.807) is 34.6 Å². The summed E-state index contributed by atoms with van der Waals surface area (Å²) in [5.41, 5.74) is -3.25. The van der Waals surface area contributed by atoms with Gasteiger partial charge in [-0.2, -0.15) is 4.89 Å². The Kier molecular flexibility index (Phi) is 3.46. The minimum Gasteiger partial charge on any atom is -0.393 e. The van der Waals surface area contributed by atoms with Gasteiger partial charge in [0.25, 0.3) is 0 Å². The molecule has 21 heavy (non-hydrogen) atoms. The van der Waals surface area contributed by atoms with Gasteiger partial charge in [-0.25, -0.2) is 4.89 Å². The van der Waals surface area contributed by atoms with E-state index in [-0.39, 0.29) is 23.7 Å². The topological polar surface area (TPSA) is 82.1 Å². The third-order valence-electron chi connectivity index (χ3n) is 4.53. The van der Waals surface area contributed by atoms with Gasteiger partial charge in [-0.1, -0.05) is 0 Å². The monoisotopic (exact) mass is 298 g/mol. The first kappa shape index (κ1) is 16.3. The molecule has 6 nitrogen and oxygen atoms in total. The predicted molar refractivity (Wildman–Crippen MR) is 73.1 cm³/mol. The SMILES string of the molecule is CO[C@]12OO[C@@](C)(CO)C=C1C(=O)C(C)(C)C(=O)C2(C)C. The maximum Gasteiger partial charge on any atom is 0.242 e. The standard InChI is InChI=1S/C15H22O6/c1-12(2)10(17)9-7-14(5,8-16)20-21-15(9,19-6)13(3,4)11(12)18/h7,16H,8H2,1-6H3/t14-,15+/m1/s1. The molecule has 1 aliphatic heterocycles. The Morgan fingerprint density at radius 1 is 1.14 bits per heavy atom. The molecule has 1 saturated carbocycles. The van der Waals surface area contributed by atoms with Crippen molar-refractivity contribution in [1.82, 2.24) is 0 Å². The largest absolute Gasteiger partial charge is 0.393 e. The van der Waals surface area contributed by atoms with Crippen LogP contribution in [0.1, 0.15) is 34.6 Å². The summed E-state index contributed by atoms with van der Waals surface area (Å²) >= 11 is 0. The molecule has 118 valence electrons. The number of methoxy groups -OCH3 is 1. The van der Waals surface area contributed by atoms with Crippen LogP contribution < -0.4 is 0 Å². The van der Waals surface area contributed by atoms with Crippen molar-refractivity contribution in [1.29, 1.82) is 0 Å². The number of carbonyl (C=O) groups excluding carboxylic acids is 2. The van der Waals surface area contributed by atoms with Gasteiger partial charge < -0.3 is 9.84 Å². The van der Waals surface area contributed by atoms with Crippen LogP contribution >= 0.6 is 0 Å². The molecular formula is C15H22O6. The van der Waals surface area contributed by atoms with E-state index in [0.29, 0.717) is 0 Å². The van der Waals surface area contributed by atoms with E-state index in [2.05, 4.69) is 0 Å². The molecule has 0 unspecified atom stereocenters. The number of ketones is 2. The molecule has 0 saturated heterocycles. The second kappa shape index (κ2) is 4.46. The zero-order valence-electron chi connectivity index (χ0n) is 13.3. The highest BCUT2D eigenvalue weighted by atomic mass is 17.2. The van der Waals surface area contributed by atoms with Crippen LogP contribution in [0.2, 0.25) is 0 Å². The first-order valence-electron chi connectivity index (χ1n) is 6.84. The van der Waals surface area contributed by atoms with Crippen molar-refractivity contribution in [2.24, 2.45) is 10.8 Å². The molecule has 2 rings (SSSR count). The normalized spacial score (nSPS) is 38.0. The Morgan fingerprint density at radius 3 is 2.19 bits per heavy atom.